The molecule has 0 aliphatic rings. The van der Waals surface area contributed by atoms with Crippen molar-refractivity contribution in [3.63, 3.8) is 0 Å². The molecule has 0 radical (unpaired) electrons. The fourth-order valence-electron chi connectivity index (χ4n) is 1.07. The van der Waals surface area contributed by atoms with Crippen LogP contribution in [0, 0.1) is 10.1 Å². The number of rotatable bonds is 4. The first-order valence-corrected chi connectivity index (χ1v) is 5.21. The average Bonchev–Trinajstić information content (AvgIpc) is 2.25. The van der Waals surface area contributed by atoms with Gasteiger partial charge in [-0.1, -0.05) is 0 Å². The molecule has 0 aliphatic heterocycles. The van der Waals surface area contributed by atoms with E-state index in [1.54, 1.807) is 0 Å². The Morgan fingerprint density at radius 2 is 2.18 bits per heavy atom. The molecule has 0 unspecified atom stereocenters. The maximum Gasteiger partial charge on any atom is 0.270 e. The lowest BCUT2D eigenvalue weighted by atomic mass is 10.2. The number of amides is 1. The molecule has 17 heavy (non-hydrogen) atoms. The maximum atomic E-state index is 11.9. The molecule has 0 bridgehead atoms. The Morgan fingerprint density at radius 1 is 1.53 bits per heavy atom. The van der Waals surface area contributed by atoms with Gasteiger partial charge in [-0.2, -0.15) is 0 Å². The van der Waals surface area contributed by atoms with Gasteiger partial charge in [0.25, 0.3) is 18.0 Å². The van der Waals surface area contributed by atoms with Crippen LogP contribution in [-0.4, -0.2) is 23.8 Å². The molecule has 1 aromatic rings. The molecule has 0 saturated carbocycles. The smallest absolute Gasteiger partial charge is 0.270 e. The van der Waals surface area contributed by atoms with Crippen molar-refractivity contribution in [1.82, 2.24) is 5.32 Å². The Balaban J connectivity index is 2.85. The van der Waals surface area contributed by atoms with Crippen molar-refractivity contribution >= 4 is 27.5 Å². The van der Waals surface area contributed by atoms with E-state index in [0.717, 1.165) is 12.1 Å². The van der Waals surface area contributed by atoms with Gasteiger partial charge in [-0.25, -0.2) is 8.78 Å². The van der Waals surface area contributed by atoms with Crippen LogP contribution in [0.1, 0.15) is 10.4 Å². The number of nitrogens with one attached hydrogen (secondary N) is 1. The van der Waals surface area contributed by atoms with Gasteiger partial charge in [0.2, 0.25) is 0 Å². The molecule has 0 aliphatic carbocycles. The largest absolute Gasteiger partial charge is 0.346 e. The first-order chi connectivity index (χ1) is 7.91. The summed E-state index contributed by atoms with van der Waals surface area (Å²) in [6.07, 6.45) is -2.64. The van der Waals surface area contributed by atoms with Gasteiger partial charge in [0.1, 0.15) is 0 Å². The van der Waals surface area contributed by atoms with Crippen molar-refractivity contribution < 1.29 is 18.5 Å². The van der Waals surface area contributed by atoms with Crippen LogP contribution in [0.15, 0.2) is 22.7 Å². The Hall–Kier alpha value is -1.57. The number of halogens is 3. The summed E-state index contributed by atoms with van der Waals surface area (Å²) in [5, 5.41) is 12.4. The zero-order valence-electron chi connectivity index (χ0n) is 8.32. The van der Waals surface area contributed by atoms with E-state index in [0.29, 0.717) is 0 Å². The molecule has 5 nitrogen and oxygen atoms in total. The van der Waals surface area contributed by atoms with Crippen molar-refractivity contribution in [2.75, 3.05) is 6.54 Å². The molecule has 0 heterocycles. The third-order valence-electron chi connectivity index (χ3n) is 1.83. The minimum absolute atomic E-state index is 0.0660. The van der Waals surface area contributed by atoms with Gasteiger partial charge in [-0.3, -0.25) is 14.9 Å². The Morgan fingerprint density at radius 3 is 2.65 bits per heavy atom. The average molecular weight is 309 g/mol. The number of alkyl halides is 2. The van der Waals surface area contributed by atoms with Gasteiger partial charge in [0.05, 0.1) is 17.0 Å². The fourth-order valence-corrected chi connectivity index (χ4v) is 1.61. The first kappa shape index (κ1) is 13.5. The lowest BCUT2D eigenvalue weighted by Gasteiger charge is -2.05. The second-order valence-corrected chi connectivity index (χ2v) is 3.88. The summed E-state index contributed by atoms with van der Waals surface area (Å²) in [5.41, 5.74) is -0.126. The summed E-state index contributed by atoms with van der Waals surface area (Å²) in [7, 11) is 0. The van der Waals surface area contributed by atoms with Crippen molar-refractivity contribution in [2.24, 2.45) is 0 Å². The number of hydrogen-bond donors (Lipinski definition) is 1. The second-order valence-electron chi connectivity index (χ2n) is 3.02. The van der Waals surface area contributed by atoms with E-state index in [2.05, 4.69) is 15.9 Å². The van der Waals surface area contributed by atoms with Crippen LogP contribution in [0.25, 0.3) is 0 Å². The summed E-state index contributed by atoms with van der Waals surface area (Å²) in [6.45, 7) is -0.762. The highest BCUT2D eigenvalue weighted by Gasteiger charge is 2.15. The first-order valence-electron chi connectivity index (χ1n) is 4.42. The lowest BCUT2D eigenvalue weighted by Crippen LogP contribution is -2.28. The number of hydrogen-bond acceptors (Lipinski definition) is 3. The Labute approximate surface area is 103 Å². The predicted octanol–water partition coefficient (Wildman–Crippen LogP) is 2.35. The van der Waals surface area contributed by atoms with Crippen molar-refractivity contribution in [3.8, 4) is 0 Å². The molecule has 0 fully saturated rings. The molecule has 92 valence electrons. The number of nitro groups is 1. The molecule has 0 aromatic heterocycles. The summed E-state index contributed by atoms with van der Waals surface area (Å²) in [4.78, 5) is 21.2. The molecule has 1 rings (SSSR count). The van der Waals surface area contributed by atoms with E-state index in [1.165, 1.54) is 6.07 Å². The monoisotopic (exact) mass is 308 g/mol. The molecule has 1 aromatic carbocycles. The number of nitrogens with zero attached hydrogens (tertiary/aromatic N) is 1. The molecular weight excluding hydrogens is 302 g/mol. The minimum Gasteiger partial charge on any atom is -0.346 e. The van der Waals surface area contributed by atoms with Crippen LogP contribution in [-0.2, 0) is 0 Å². The van der Waals surface area contributed by atoms with Gasteiger partial charge in [0.15, 0.2) is 0 Å². The summed E-state index contributed by atoms with van der Waals surface area (Å²) >= 11 is 2.97. The lowest BCUT2D eigenvalue weighted by molar-refractivity contribution is -0.384. The molecule has 8 heteroatoms. The van der Waals surface area contributed by atoms with Crippen molar-refractivity contribution in [2.45, 2.75) is 6.43 Å². The third-order valence-corrected chi connectivity index (χ3v) is 2.48. The third kappa shape index (κ3) is 3.74. The van der Waals surface area contributed by atoms with Crippen LogP contribution in [0.4, 0.5) is 14.5 Å². The van der Waals surface area contributed by atoms with E-state index < -0.39 is 23.8 Å². The standard InChI is InChI=1S/C9H7BrF2N2O3/c10-7-3-5(14(16)17)1-2-6(7)9(15)13-4-8(11)12/h1-3,8H,4H2,(H,13,15). The quantitative estimate of drug-likeness (QED) is 0.685. The molecular formula is C9H7BrF2N2O3. The van der Waals surface area contributed by atoms with E-state index in [-0.39, 0.29) is 15.7 Å². The topological polar surface area (TPSA) is 72.2 Å². The number of carbonyl (C=O) groups is 1. The number of non-ortho nitro benzene ring substituents is 1. The van der Waals surface area contributed by atoms with Crippen molar-refractivity contribution in [3.05, 3.63) is 38.3 Å². The highest BCUT2D eigenvalue weighted by atomic mass is 79.9. The molecule has 0 atom stereocenters. The molecule has 0 saturated heterocycles. The summed E-state index contributed by atoms with van der Waals surface area (Å²) < 4.78 is 23.9. The fraction of sp³-hybridized carbons (Fsp3) is 0.222. The zero-order valence-corrected chi connectivity index (χ0v) is 9.91. The van der Waals surface area contributed by atoms with Gasteiger partial charge in [0, 0.05) is 16.6 Å². The van der Waals surface area contributed by atoms with Gasteiger partial charge < -0.3 is 5.32 Å². The van der Waals surface area contributed by atoms with Gasteiger partial charge in [-0.05, 0) is 22.0 Å². The summed E-state index contributed by atoms with van der Waals surface area (Å²) in [5.74, 6) is -0.716. The normalized spacial score (nSPS) is 10.4. The molecule has 0 spiro atoms. The van der Waals surface area contributed by atoms with Gasteiger partial charge >= 0.3 is 0 Å². The van der Waals surface area contributed by atoms with Crippen LogP contribution in [0.2, 0.25) is 0 Å². The predicted molar refractivity (Wildman–Crippen MR) is 59.1 cm³/mol. The van der Waals surface area contributed by atoms with Crippen molar-refractivity contribution in [1.29, 1.82) is 0 Å². The molecule has 1 amide bonds. The summed E-state index contributed by atoms with van der Waals surface area (Å²) in [6, 6.07) is 3.46. The second kappa shape index (κ2) is 5.67. The van der Waals surface area contributed by atoms with Crippen LogP contribution < -0.4 is 5.32 Å². The van der Waals surface area contributed by atoms with Crippen LogP contribution in [0.3, 0.4) is 0 Å². The van der Waals surface area contributed by atoms with E-state index in [4.69, 9.17) is 0 Å². The maximum absolute atomic E-state index is 11.9. The Kier molecular flexibility index (Phi) is 4.50. The minimum atomic E-state index is -2.64. The van der Waals surface area contributed by atoms with Crippen LogP contribution in [0.5, 0.6) is 0 Å². The Bertz CT molecular complexity index is 454. The zero-order chi connectivity index (χ0) is 13.0. The SMILES string of the molecule is O=C(NCC(F)F)c1ccc([N+](=O)[O-])cc1Br. The van der Waals surface area contributed by atoms with E-state index >= 15 is 0 Å². The number of carbonyl (C=O) groups excluding carboxylic acids is 1. The number of nitro benzene ring substituents is 1. The highest BCUT2D eigenvalue weighted by Crippen LogP contribution is 2.22. The highest BCUT2D eigenvalue weighted by molar-refractivity contribution is 9.10. The number of benzene rings is 1. The van der Waals surface area contributed by atoms with Crippen LogP contribution >= 0.6 is 15.9 Å². The molecule has 1 N–H and O–H groups in total. The van der Waals surface area contributed by atoms with E-state index in [1.807, 2.05) is 5.32 Å². The van der Waals surface area contributed by atoms with E-state index in [9.17, 15) is 23.7 Å². The van der Waals surface area contributed by atoms with Gasteiger partial charge in [-0.15, -0.1) is 0 Å².